The van der Waals surface area contributed by atoms with Crippen LogP contribution in [0.25, 0.3) is 4.95 Å². The normalized spacial score (nSPS) is 17.4. The van der Waals surface area contributed by atoms with E-state index in [4.69, 9.17) is 33.0 Å². The van der Waals surface area contributed by atoms with Crippen LogP contribution in [0.2, 0.25) is 0 Å². The molecular weight excluding hydrogens is 2020 g/mol. The molecule has 50 heteroatoms. The lowest BCUT2D eigenvalue weighted by Gasteiger charge is -2.24. The number of benzene rings is 5. The summed E-state index contributed by atoms with van der Waals surface area (Å²) in [5, 5.41) is 53.0. The average molecular weight is 2140 g/mol. The summed E-state index contributed by atoms with van der Waals surface area (Å²) in [5.41, 5.74) is 28.7. The van der Waals surface area contributed by atoms with Gasteiger partial charge in [-0.05, 0) is 316 Å². The van der Waals surface area contributed by atoms with Crippen LogP contribution in [0.4, 0.5) is 38.0 Å². The van der Waals surface area contributed by atoms with Gasteiger partial charge in [-0.15, -0.1) is 4.95 Å². The molecular formula is C98H111N25O19S6. The summed E-state index contributed by atoms with van der Waals surface area (Å²) in [5.74, 6) is -0.599. The van der Waals surface area contributed by atoms with E-state index >= 15 is 0 Å². The van der Waals surface area contributed by atoms with Crippen molar-refractivity contribution >= 4 is 126 Å². The van der Waals surface area contributed by atoms with Crippen LogP contribution < -0.4 is 69.7 Å². The maximum Gasteiger partial charge on any atom is 0.333 e. The van der Waals surface area contributed by atoms with Gasteiger partial charge in [0.1, 0.15) is 26.3 Å². The van der Waals surface area contributed by atoms with E-state index in [0.29, 0.717) is 71.8 Å². The van der Waals surface area contributed by atoms with E-state index in [1.54, 1.807) is 11.7 Å². The van der Waals surface area contributed by atoms with Crippen LogP contribution in [0.15, 0.2) is 103 Å². The molecule has 25 rings (SSSR count). The Balaban J connectivity index is 0.000000108. The number of ether oxygens (including phenoxy) is 3. The number of carbonyl (C=O) groups excluding carboxylic acids is 4. The molecule has 11 N–H and O–H groups in total. The van der Waals surface area contributed by atoms with Gasteiger partial charge in [-0.25, -0.2) is 79.9 Å². The van der Waals surface area contributed by atoms with E-state index in [1.165, 1.54) is 120 Å². The number of nitro groups is 1. The van der Waals surface area contributed by atoms with Gasteiger partial charge in [0.05, 0.1) is 68.8 Å². The minimum Gasteiger partial charge on any atom is -0.477 e. The summed E-state index contributed by atoms with van der Waals surface area (Å²) in [7, 11) is -18.9. The molecule has 5 aromatic carbocycles. The number of nitrogens with zero attached hydrogens (tertiary/aromatic N) is 14. The molecule has 0 saturated heterocycles. The van der Waals surface area contributed by atoms with E-state index in [1.807, 2.05) is 4.72 Å². The molecule has 0 saturated carbocycles. The first-order valence-corrected chi connectivity index (χ1v) is 58.1. The molecule has 10 aliphatic carbocycles. The van der Waals surface area contributed by atoms with Gasteiger partial charge >= 0.3 is 12.1 Å². The van der Waals surface area contributed by atoms with Crippen LogP contribution in [-0.2, 0) is 211 Å². The number of rotatable bonds is 18. The fraction of sp³-hybridized carbons (Fsp3) is 0.449. The minimum absolute atomic E-state index is 0.0226. The number of carbonyl (C=O) groups is 4. The van der Waals surface area contributed by atoms with Crippen molar-refractivity contribution in [3.05, 3.63) is 218 Å². The lowest BCUT2D eigenvalue weighted by molar-refractivity contribution is -0.403. The first-order valence-electron chi connectivity index (χ1n) is 50.2. The lowest BCUT2D eigenvalue weighted by Crippen LogP contribution is -2.40. The van der Waals surface area contributed by atoms with E-state index in [2.05, 4.69) is 117 Å². The molecule has 10 heterocycles. The van der Waals surface area contributed by atoms with Gasteiger partial charge in [-0.2, -0.15) is 32.1 Å². The quantitative estimate of drug-likeness (QED) is 0.00951. The molecule has 0 fully saturated rings. The van der Waals surface area contributed by atoms with Crippen molar-refractivity contribution in [2.45, 2.75) is 269 Å². The third-order valence-electron chi connectivity index (χ3n) is 29.7. The van der Waals surface area contributed by atoms with Crippen molar-refractivity contribution in [3.63, 3.8) is 0 Å². The summed E-state index contributed by atoms with van der Waals surface area (Å²) in [4.78, 5) is 64.3. The van der Waals surface area contributed by atoms with Gasteiger partial charge in [-0.3, -0.25) is 38.5 Å². The maximum absolute atomic E-state index is 13.1. The van der Waals surface area contributed by atoms with Crippen LogP contribution in [0, 0.1) is 16.7 Å². The summed E-state index contributed by atoms with van der Waals surface area (Å²) in [6.45, 7) is 11.9. The number of amides is 6. The Morgan fingerprint density at radius 3 is 1.05 bits per heavy atom. The van der Waals surface area contributed by atoms with Crippen molar-refractivity contribution < 1.29 is 80.4 Å². The number of likely N-dealkylation sites (N-methyl/N-ethyl adjacent to an activating group) is 1. The van der Waals surface area contributed by atoms with Gasteiger partial charge < -0.3 is 51.0 Å². The fourth-order valence-electron chi connectivity index (χ4n) is 23.2. The minimum atomic E-state index is -4.26. The topological polar surface area (TPSA) is 551 Å². The highest BCUT2D eigenvalue weighted by Gasteiger charge is 2.41. The molecule has 778 valence electrons. The van der Waals surface area contributed by atoms with E-state index in [-0.39, 0.29) is 70.4 Å². The van der Waals surface area contributed by atoms with Gasteiger partial charge in [-0.1, -0.05) is 30.3 Å². The molecule has 6 amide bonds. The zero-order valence-electron chi connectivity index (χ0n) is 81.2. The van der Waals surface area contributed by atoms with Crippen LogP contribution in [0.1, 0.15) is 216 Å². The molecule has 0 spiro atoms. The molecule has 44 nitrogen and oxygen atoms in total. The molecule has 0 bridgehead atoms. The largest absolute Gasteiger partial charge is 0.477 e. The second-order valence-electron chi connectivity index (χ2n) is 39.0. The highest BCUT2D eigenvalue weighted by Crippen LogP contribution is 2.46. The number of fused-ring (bicyclic) bond motifs is 15. The van der Waals surface area contributed by atoms with Gasteiger partial charge in [0.15, 0.2) is 25.6 Å². The molecule has 0 unspecified atom stereocenters. The number of thiocarbonyl (C=S) groups is 1. The summed E-state index contributed by atoms with van der Waals surface area (Å²) < 4.78 is 165. The van der Waals surface area contributed by atoms with Crippen LogP contribution >= 0.6 is 12.2 Å². The van der Waals surface area contributed by atoms with Crippen LogP contribution in [0.5, 0.6) is 17.6 Å². The van der Waals surface area contributed by atoms with Crippen molar-refractivity contribution in [3.8, 4) is 17.6 Å². The number of nitrogens with one attached hydrogen (secondary N) is 11. The summed E-state index contributed by atoms with van der Waals surface area (Å²) in [6, 6.07) is 9.71. The van der Waals surface area contributed by atoms with Gasteiger partial charge in [0.25, 0.3) is 74.1 Å². The lowest BCUT2D eigenvalue weighted by atomic mass is 9.99. The Morgan fingerprint density at radius 1 is 0.392 bits per heavy atom. The molecule has 15 aliphatic rings. The molecule has 148 heavy (non-hydrogen) atoms. The third kappa shape index (κ3) is 19.9. The average Bonchev–Trinajstić information content (AvgIpc) is 1.61. The Kier molecular flexibility index (Phi) is 27.6. The number of anilines is 5. The zero-order chi connectivity index (χ0) is 103. The fourth-order valence-corrected chi connectivity index (χ4v) is 28.8. The standard InChI is InChI=1S/C20H22N6O3S.C20H23N5O5S.C20H23N5O4S.C19H21N5O4S.C19H22N4O3S2/c1-21-24-20(25-30(27,28)17-12-22-26-9-4-10-29-19(17)26)23-18-15-7-2-5-13(15)11-14-6-3-8-16(14)18;26-25(27)12-18(23-31(28,29)17-11-21-24-8-3-9-30-20(17)24)22-19-15-6-1-4-13(15)10-14-5-2-7-16(14)19;1-24-8-9-25-18(19(24)26)16(11-21-25)30(28,29)23-20(27)22-17-14-6-2-4-12(14)10-13-5-3-7-15(13)17;25-18-17-15(10-21-24(17)8-7-20-18)29(27,28)23-19(26)22-16-13-5-1-3-11(13)9-12-4-2-6-14(12)16;24-28(25,16-11-20-23-8-3-9-26-18(16)23)22-19(27)21-17-14-6-1-4-12(14)10-13-5-2-7-15(13)17/h11-12H,2-10H2,(H2,23,24,25);10-12,22-23H,1-9H2;10-11H,2-9H2,1H3,(H2,22,23,27);9-10H,1-8H2,(H,20,25)(H2,22,23,26);10-11H,1-9H2,(H2,21,22,27)/b;18-12-;;;. The van der Waals surface area contributed by atoms with Crippen molar-refractivity contribution in [2.75, 3.05) is 66.5 Å². The second-order valence-corrected chi connectivity index (χ2v) is 47.7. The van der Waals surface area contributed by atoms with Gasteiger partial charge in [0, 0.05) is 87.5 Å². The molecule has 0 atom stereocenters. The smallest absolute Gasteiger partial charge is 0.333 e. The monoisotopic (exact) mass is 2130 g/mol. The summed E-state index contributed by atoms with van der Waals surface area (Å²) in [6.07, 6.45) is 38.8. The molecule has 0 radical (unpaired) electrons. The van der Waals surface area contributed by atoms with E-state index < -0.39 is 78.9 Å². The predicted octanol–water partition coefficient (Wildman–Crippen LogP) is 9.22. The van der Waals surface area contributed by atoms with Crippen molar-refractivity contribution in [2.24, 2.45) is 5.10 Å². The number of guanidine groups is 1. The zero-order valence-corrected chi connectivity index (χ0v) is 86.1. The predicted molar refractivity (Wildman–Crippen MR) is 545 cm³/mol. The molecule has 10 aromatic rings. The number of aromatic nitrogens is 10. The highest BCUT2D eigenvalue weighted by atomic mass is 32.2. The van der Waals surface area contributed by atoms with E-state index in [9.17, 15) is 71.4 Å². The van der Waals surface area contributed by atoms with Crippen LogP contribution in [-0.4, -0.2) is 176 Å². The SMILES string of the molecule is CN1CCn2ncc(S(=O)(=O)NC(=O)Nc3c4c(cc5c3CCC5)CCC4)c2C1=O.O=C(Nc1c2c(cc3c1CCC3)CCC2)NS(=O)(=O)c1cnn2c1C(=O)NCC2.O=S(=O)(NC(=S)Nc1c2c(cc3c1CCC3)CCC2)c1cnn2c1OCCC2.O=[N+]([O-])/C=C(/Nc1c2c(cc3c1CCC3)CCC2)NS(=O)(=O)c1cnn2c1OCCC2.[C-]#[N+]/N=C(/Nc1c2c(cc3c1CCC3)CCC2)NS(=O)(=O)c1cnn2c1OCCC2. The molecule has 5 aliphatic heterocycles. The number of hydrogen-bond acceptors (Lipinski definition) is 27. The van der Waals surface area contributed by atoms with Gasteiger partial charge in [0.2, 0.25) is 17.6 Å². The molecule has 5 aromatic heterocycles. The third-order valence-corrected chi connectivity index (χ3v) is 36.7. The first-order chi connectivity index (χ1) is 71.3. The Bertz CT molecular complexity index is 7770. The Morgan fingerprint density at radius 2 is 0.696 bits per heavy atom. The first kappa shape index (κ1) is 99.9. The van der Waals surface area contributed by atoms with Crippen molar-refractivity contribution in [1.29, 1.82) is 0 Å². The van der Waals surface area contributed by atoms with Crippen molar-refractivity contribution in [1.82, 2.24) is 82.7 Å². The Labute approximate surface area is 859 Å². The highest BCUT2D eigenvalue weighted by molar-refractivity contribution is 7.92. The van der Waals surface area contributed by atoms with Crippen LogP contribution in [0.3, 0.4) is 0 Å². The second kappa shape index (κ2) is 40.9. The summed E-state index contributed by atoms with van der Waals surface area (Å²) >= 11 is 5.39. The number of aryl methyl sites for hydroxylation is 13. The number of hydrogen-bond donors (Lipinski definition) is 11. The van der Waals surface area contributed by atoms with E-state index in [0.717, 1.165) is 286 Å². The maximum atomic E-state index is 13.1. The number of sulfonamides is 5. The number of urea groups is 2. The Hall–Kier alpha value is -14.0.